The third kappa shape index (κ3) is 1.25. The third-order valence-electron chi connectivity index (χ3n) is 4.19. The van der Waals surface area contributed by atoms with Gasteiger partial charge in [0.2, 0.25) is 0 Å². The zero-order valence-electron chi connectivity index (χ0n) is 8.82. The molecule has 0 radical (unpaired) electrons. The van der Waals surface area contributed by atoms with Crippen molar-refractivity contribution < 1.29 is 5.11 Å². The number of hydrogen-bond donors (Lipinski definition) is 2. The maximum absolute atomic E-state index is 9.58. The Bertz CT molecular complexity index is 351. The molecule has 3 atom stereocenters. The summed E-state index contributed by atoms with van der Waals surface area (Å²) in [6.45, 7) is 2.41. The molecule has 2 N–H and O–H groups in total. The first-order valence-corrected chi connectivity index (χ1v) is 5.75. The van der Waals surface area contributed by atoms with Gasteiger partial charge in [0.05, 0.1) is 6.61 Å². The van der Waals surface area contributed by atoms with Crippen LogP contribution in [-0.4, -0.2) is 24.8 Å². The molecule has 1 aromatic rings. The molecular formula is C13H17NO. The number of piperidine rings is 1. The van der Waals surface area contributed by atoms with E-state index in [4.69, 9.17) is 0 Å². The van der Waals surface area contributed by atoms with E-state index in [-0.39, 0.29) is 5.41 Å². The lowest BCUT2D eigenvalue weighted by atomic mass is 9.97. The standard InChI is InChI=1S/C13H17NO/c15-9-13-8-14-7-6-11(13)12(13)10-4-2-1-3-5-10/h1-5,11-12,14-15H,6-9H2/t11-,12-,13+/m1/s1. The Kier molecular flexibility index (Phi) is 2.08. The molecule has 0 spiro atoms. The average Bonchev–Trinajstić information content (AvgIpc) is 3.00. The summed E-state index contributed by atoms with van der Waals surface area (Å²) in [5.74, 6) is 1.28. The van der Waals surface area contributed by atoms with Gasteiger partial charge in [-0.1, -0.05) is 30.3 Å². The topological polar surface area (TPSA) is 32.3 Å². The monoisotopic (exact) mass is 203 g/mol. The van der Waals surface area contributed by atoms with Gasteiger partial charge in [0.15, 0.2) is 0 Å². The molecule has 2 aliphatic rings. The van der Waals surface area contributed by atoms with Gasteiger partial charge in [0.25, 0.3) is 0 Å². The van der Waals surface area contributed by atoms with Crippen molar-refractivity contribution in [2.75, 3.05) is 19.7 Å². The molecule has 1 aliphatic carbocycles. The molecule has 1 saturated heterocycles. The predicted molar refractivity (Wildman–Crippen MR) is 59.7 cm³/mol. The van der Waals surface area contributed by atoms with E-state index in [0.29, 0.717) is 18.4 Å². The van der Waals surface area contributed by atoms with Crippen molar-refractivity contribution in [3.05, 3.63) is 35.9 Å². The Morgan fingerprint density at radius 1 is 1.33 bits per heavy atom. The summed E-state index contributed by atoms with van der Waals surface area (Å²) in [7, 11) is 0. The lowest BCUT2D eigenvalue weighted by Crippen LogP contribution is -2.34. The molecule has 1 aliphatic heterocycles. The van der Waals surface area contributed by atoms with E-state index in [0.717, 1.165) is 13.1 Å². The highest BCUT2D eigenvalue weighted by molar-refractivity contribution is 5.34. The van der Waals surface area contributed by atoms with Crippen molar-refractivity contribution in [2.45, 2.75) is 12.3 Å². The third-order valence-corrected chi connectivity index (χ3v) is 4.19. The summed E-state index contributed by atoms with van der Waals surface area (Å²) >= 11 is 0. The van der Waals surface area contributed by atoms with Crippen LogP contribution in [0.25, 0.3) is 0 Å². The van der Waals surface area contributed by atoms with Gasteiger partial charge in [0.1, 0.15) is 0 Å². The minimum atomic E-state index is 0.152. The average molecular weight is 203 g/mol. The maximum Gasteiger partial charge on any atom is 0.0508 e. The summed E-state index contributed by atoms with van der Waals surface area (Å²) in [5.41, 5.74) is 1.56. The van der Waals surface area contributed by atoms with Crippen LogP contribution in [0.4, 0.5) is 0 Å². The molecule has 80 valence electrons. The van der Waals surface area contributed by atoms with Gasteiger partial charge in [-0.3, -0.25) is 0 Å². The second kappa shape index (κ2) is 3.32. The molecule has 1 saturated carbocycles. The maximum atomic E-state index is 9.58. The quantitative estimate of drug-likeness (QED) is 0.761. The Labute approximate surface area is 90.3 Å². The summed E-state index contributed by atoms with van der Waals surface area (Å²) < 4.78 is 0. The van der Waals surface area contributed by atoms with E-state index in [1.165, 1.54) is 12.0 Å². The van der Waals surface area contributed by atoms with Gasteiger partial charge in [-0.15, -0.1) is 0 Å². The Morgan fingerprint density at radius 3 is 2.80 bits per heavy atom. The van der Waals surface area contributed by atoms with Crippen molar-refractivity contribution in [1.82, 2.24) is 5.32 Å². The Morgan fingerprint density at radius 2 is 2.13 bits per heavy atom. The molecule has 0 aromatic heterocycles. The fourth-order valence-electron chi connectivity index (χ4n) is 3.35. The molecule has 2 heteroatoms. The molecule has 0 amide bonds. The van der Waals surface area contributed by atoms with E-state index < -0.39 is 0 Å². The molecule has 3 rings (SSSR count). The number of aliphatic hydroxyl groups excluding tert-OH is 1. The molecule has 2 nitrogen and oxygen atoms in total. The van der Waals surface area contributed by atoms with Crippen molar-refractivity contribution in [1.29, 1.82) is 0 Å². The number of hydrogen-bond acceptors (Lipinski definition) is 2. The van der Waals surface area contributed by atoms with E-state index in [1.807, 2.05) is 0 Å². The Hall–Kier alpha value is -0.860. The van der Waals surface area contributed by atoms with Crippen LogP contribution in [0.15, 0.2) is 30.3 Å². The van der Waals surface area contributed by atoms with Crippen molar-refractivity contribution in [3.8, 4) is 0 Å². The normalized spacial score (nSPS) is 38.5. The van der Waals surface area contributed by atoms with Gasteiger partial charge >= 0.3 is 0 Å². The first kappa shape index (κ1) is 9.37. The fourth-order valence-corrected chi connectivity index (χ4v) is 3.35. The summed E-state index contributed by atoms with van der Waals surface area (Å²) in [4.78, 5) is 0. The van der Waals surface area contributed by atoms with Crippen LogP contribution < -0.4 is 5.32 Å². The van der Waals surface area contributed by atoms with Crippen LogP contribution in [-0.2, 0) is 0 Å². The van der Waals surface area contributed by atoms with Crippen molar-refractivity contribution >= 4 is 0 Å². The van der Waals surface area contributed by atoms with Gasteiger partial charge < -0.3 is 10.4 Å². The molecule has 1 heterocycles. The minimum absolute atomic E-state index is 0.152. The SMILES string of the molecule is OC[C@@]12CNCC[C@@H]1[C@H]2c1ccccc1. The van der Waals surface area contributed by atoms with Gasteiger partial charge in [-0.2, -0.15) is 0 Å². The van der Waals surface area contributed by atoms with Crippen LogP contribution >= 0.6 is 0 Å². The van der Waals surface area contributed by atoms with Crippen LogP contribution in [0.5, 0.6) is 0 Å². The van der Waals surface area contributed by atoms with Gasteiger partial charge in [-0.05, 0) is 30.4 Å². The summed E-state index contributed by atoms with van der Waals surface area (Å²) in [6.07, 6.45) is 1.21. The largest absolute Gasteiger partial charge is 0.396 e. The number of fused-ring (bicyclic) bond motifs is 1. The molecule has 2 fully saturated rings. The van der Waals surface area contributed by atoms with E-state index >= 15 is 0 Å². The van der Waals surface area contributed by atoms with E-state index in [1.54, 1.807) is 0 Å². The number of rotatable bonds is 2. The predicted octanol–water partition coefficient (Wildman–Crippen LogP) is 1.37. The second-order valence-electron chi connectivity index (χ2n) is 4.85. The first-order chi connectivity index (χ1) is 7.38. The van der Waals surface area contributed by atoms with Crippen LogP contribution in [0, 0.1) is 11.3 Å². The van der Waals surface area contributed by atoms with E-state index in [2.05, 4.69) is 35.6 Å². The van der Waals surface area contributed by atoms with Crippen molar-refractivity contribution in [2.24, 2.45) is 11.3 Å². The molecule has 15 heavy (non-hydrogen) atoms. The highest BCUT2D eigenvalue weighted by Crippen LogP contribution is 2.66. The first-order valence-electron chi connectivity index (χ1n) is 5.75. The second-order valence-corrected chi connectivity index (χ2v) is 4.85. The Balaban J connectivity index is 1.90. The van der Waals surface area contributed by atoms with E-state index in [9.17, 15) is 5.11 Å². The lowest BCUT2D eigenvalue weighted by molar-refractivity contribution is 0.178. The van der Waals surface area contributed by atoms with Crippen LogP contribution in [0.3, 0.4) is 0 Å². The van der Waals surface area contributed by atoms with Gasteiger partial charge in [-0.25, -0.2) is 0 Å². The molecule has 1 aromatic carbocycles. The van der Waals surface area contributed by atoms with Crippen molar-refractivity contribution in [3.63, 3.8) is 0 Å². The summed E-state index contributed by atoms with van der Waals surface area (Å²) in [6, 6.07) is 10.6. The fraction of sp³-hybridized carbons (Fsp3) is 0.538. The van der Waals surface area contributed by atoms with Gasteiger partial charge in [0, 0.05) is 12.0 Å². The number of benzene rings is 1. The van der Waals surface area contributed by atoms with Crippen LogP contribution in [0.2, 0.25) is 0 Å². The van der Waals surface area contributed by atoms with Crippen LogP contribution in [0.1, 0.15) is 17.9 Å². The highest BCUT2D eigenvalue weighted by Gasteiger charge is 2.64. The molecule has 0 unspecified atom stereocenters. The number of nitrogens with one attached hydrogen (secondary N) is 1. The molecular weight excluding hydrogens is 186 g/mol. The lowest BCUT2D eigenvalue weighted by Gasteiger charge is -2.20. The smallest absolute Gasteiger partial charge is 0.0508 e. The summed E-state index contributed by atoms with van der Waals surface area (Å²) in [5, 5.41) is 13.0. The zero-order chi connectivity index (χ0) is 10.3. The zero-order valence-corrected chi connectivity index (χ0v) is 8.82. The molecule has 0 bridgehead atoms. The highest BCUT2D eigenvalue weighted by atomic mass is 16.3. The minimum Gasteiger partial charge on any atom is -0.396 e. The number of aliphatic hydroxyl groups is 1.